The summed E-state index contributed by atoms with van der Waals surface area (Å²) >= 11 is 3.03. The summed E-state index contributed by atoms with van der Waals surface area (Å²) < 4.78 is 51.5. The van der Waals surface area contributed by atoms with Crippen molar-refractivity contribution in [1.29, 1.82) is 0 Å². The number of aromatic nitrogens is 1. The number of anilines is 1. The second-order valence-electron chi connectivity index (χ2n) is 3.99. The number of nitrogens with zero attached hydrogens (tertiary/aromatic N) is 1. The maximum Gasteiger partial charge on any atom is 0.416 e. The molecule has 1 aromatic carbocycles. The molecule has 1 aromatic heterocycles. The number of nitrogens with one attached hydrogen (secondary N) is 1. The third-order valence-corrected chi connectivity index (χ3v) is 3.24. The summed E-state index contributed by atoms with van der Waals surface area (Å²) in [7, 11) is 0. The topological polar surface area (TPSA) is 42.0 Å². The molecule has 0 unspecified atom stereocenters. The lowest BCUT2D eigenvalue weighted by Crippen LogP contribution is -2.15. The Hall–Kier alpha value is -1.96. The molecule has 0 aliphatic heterocycles. The molecule has 2 aromatic rings. The average Bonchev–Trinajstić information content (AvgIpc) is 2.40. The van der Waals surface area contributed by atoms with Gasteiger partial charge in [-0.1, -0.05) is 0 Å². The summed E-state index contributed by atoms with van der Waals surface area (Å²) in [6.07, 6.45) is -3.38. The number of amides is 1. The van der Waals surface area contributed by atoms with E-state index < -0.39 is 23.6 Å². The Bertz CT molecular complexity index is 688. The molecule has 0 atom stereocenters. The third kappa shape index (κ3) is 3.57. The highest BCUT2D eigenvalue weighted by Gasteiger charge is 2.31. The third-order valence-electron chi connectivity index (χ3n) is 2.55. The summed E-state index contributed by atoms with van der Waals surface area (Å²) in [5, 5.41) is 2.21. The zero-order valence-corrected chi connectivity index (χ0v) is 11.8. The number of alkyl halides is 3. The van der Waals surface area contributed by atoms with Crippen molar-refractivity contribution >= 4 is 27.5 Å². The fraction of sp³-hybridized carbons (Fsp3) is 0.0769. The number of hydrogen-bond acceptors (Lipinski definition) is 2. The zero-order valence-electron chi connectivity index (χ0n) is 10.2. The monoisotopic (exact) mass is 362 g/mol. The Morgan fingerprint density at radius 3 is 2.57 bits per heavy atom. The molecule has 0 spiro atoms. The summed E-state index contributed by atoms with van der Waals surface area (Å²) in [5.74, 6) is -1.89. The molecular weight excluding hydrogens is 356 g/mol. The van der Waals surface area contributed by atoms with Crippen LogP contribution in [-0.2, 0) is 6.18 Å². The standard InChI is InChI=1S/C13H7BrF4N2O/c14-9-4-3-7(13(16,17)18)6-10(9)20-12(21)8-2-1-5-19-11(8)15/h1-6H,(H,20,21). The largest absolute Gasteiger partial charge is 0.416 e. The first-order valence-corrected chi connectivity index (χ1v) is 6.37. The summed E-state index contributed by atoms with van der Waals surface area (Å²) in [6.45, 7) is 0. The van der Waals surface area contributed by atoms with Crippen molar-refractivity contribution in [2.45, 2.75) is 6.18 Å². The van der Waals surface area contributed by atoms with Crippen molar-refractivity contribution < 1.29 is 22.4 Å². The van der Waals surface area contributed by atoms with E-state index in [1.54, 1.807) is 0 Å². The van der Waals surface area contributed by atoms with Gasteiger partial charge in [0.05, 0.1) is 16.8 Å². The molecule has 0 saturated carbocycles. The fourth-order valence-corrected chi connectivity index (χ4v) is 1.89. The highest BCUT2D eigenvalue weighted by Crippen LogP contribution is 2.34. The van der Waals surface area contributed by atoms with Gasteiger partial charge in [0.1, 0.15) is 0 Å². The van der Waals surface area contributed by atoms with E-state index in [9.17, 15) is 22.4 Å². The summed E-state index contributed by atoms with van der Waals surface area (Å²) in [5.41, 5.74) is -1.40. The van der Waals surface area contributed by atoms with Crippen LogP contribution in [0.5, 0.6) is 0 Å². The Balaban J connectivity index is 2.31. The van der Waals surface area contributed by atoms with Crippen molar-refractivity contribution in [3.05, 3.63) is 58.1 Å². The first kappa shape index (κ1) is 15.4. The number of carbonyl (C=O) groups is 1. The van der Waals surface area contributed by atoms with E-state index in [0.717, 1.165) is 24.4 Å². The van der Waals surface area contributed by atoms with Crippen LogP contribution in [0.25, 0.3) is 0 Å². The molecule has 110 valence electrons. The maximum absolute atomic E-state index is 13.3. The smallest absolute Gasteiger partial charge is 0.321 e. The van der Waals surface area contributed by atoms with Crippen LogP contribution in [0.15, 0.2) is 41.0 Å². The minimum Gasteiger partial charge on any atom is -0.321 e. The fourth-order valence-electron chi connectivity index (χ4n) is 1.54. The molecule has 0 saturated heterocycles. The molecule has 2 rings (SSSR count). The predicted octanol–water partition coefficient (Wildman–Crippen LogP) is 4.25. The second kappa shape index (κ2) is 5.80. The molecular formula is C13H7BrF4N2O. The van der Waals surface area contributed by atoms with Crippen molar-refractivity contribution in [3.8, 4) is 0 Å². The number of carbonyl (C=O) groups excluding carboxylic acids is 1. The van der Waals surface area contributed by atoms with Crippen LogP contribution in [-0.4, -0.2) is 10.9 Å². The van der Waals surface area contributed by atoms with Crippen molar-refractivity contribution in [2.24, 2.45) is 0 Å². The molecule has 1 N–H and O–H groups in total. The molecule has 0 radical (unpaired) electrons. The number of hydrogen-bond donors (Lipinski definition) is 1. The molecule has 0 bridgehead atoms. The van der Waals surface area contributed by atoms with Crippen LogP contribution < -0.4 is 5.32 Å². The van der Waals surface area contributed by atoms with Crippen LogP contribution >= 0.6 is 15.9 Å². The van der Waals surface area contributed by atoms with Gasteiger partial charge in [-0.15, -0.1) is 0 Å². The van der Waals surface area contributed by atoms with Crippen LogP contribution in [0.2, 0.25) is 0 Å². The Labute approximate surface area is 125 Å². The normalized spacial score (nSPS) is 11.3. The highest BCUT2D eigenvalue weighted by atomic mass is 79.9. The number of rotatable bonds is 2. The van der Waals surface area contributed by atoms with Gasteiger partial charge in [0.15, 0.2) is 0 Å². The van der Waals surface area contributed by atoms with E-state index in [1.807, 2.05) is 0 Å². The summed E-state index contributed by atoms with van der Waals surface area (Å²) in [6, 6.07) is 5.30. The van der Waals surface area contributed by atoms with E-state index in [4.69, 9.17) is 0 Å². The molecule has 0 aliphatic carbocycles. The highest BCUT2D eigenvalue weighted by molar-refractivity contribution is 9.10. The number of benzene rings is 1. The van der Waals surface area contributed by atoms with E-state index in [0.29, 0.717) is 0 Å². The molecule has 0 fully saturated rings. The van der Waals surface area contributed by atoms with Crippen molar-refractivity contribution in [3.63, 3.8) is 0 Å². The number of pyridine rings is 1. The van der Waals surface area contributed by atoms with Crippen LogP contribution in [0.1, 0.15) is 15.9 Å². The van der Waals surface area contributed by atoms with Gasteiger partial charge in [0.2, 0.25) is 5.95 Å². The molecule has 3 nitrogen and oxygen atoms in total. The van der Waals surface area contributed by atoms with Gasteiger partial charge < -0.3 is 5.32 Å². The first-order valence-electron chi connectivity index (χ1n) is 5.57. The maximum atomic E-state index is 13.3. The lowest BCUT2D eigenvalue weighted by atomic mass is 10.2. The Kier molecular flexibility index (Phi) is 4.26. The van der Waals surface area contributed by atoms with Gasteiger partial charge in [-0.25, -0.2) is 4.98 Å². The molecule has 1 heterocycles. The molecule has 1 amide bonds. The van der Waals surface area contributed by atoms with Gasteiger partial charge in [-0.05, 0) is 46.3 Å². The molecule has 8 heteroatoms. The van der Waals surface area contributed by atoms with E-state index in [2.05, 4.69) is 26.2 Å². The van der Waals surface area contributed by atoms with Crippen LogP contribution in [0, 0.1) is 5.95 Å². The minimum atomic E-state index is -4.54. The van der Waals surface area contributed by atoms with Crippen LogP contribution in [0.3, 0.4) is 0 Å². The first-order chi connectivity index (χ1) is 9.79. The average molecular weight is 363 g/mol. The van der Waals surface area contributed by atoms with Crippen LogP contribution in [0.4, 0.5) is 23.2 Å². The Morgan fingerprint density at radius 1 is 1.24 bits per heavy atom. The lowest BCUT2D eigenvalue weighted by Gasteiger charge is -2.12. The van der Waals surface area contributed by atoms with Crippen molar-refractivity contribution in [2.75, 3.05) is 5.32 Å². The van der Waals surface area contributed by atoms with E-state index in [1.165, 1.54) is 12.1 Å². The zero-order chi connectivity index (χ0) is 15.6. The quantitative estimate of drug-likeness (QED) is 0.640. The van der Waals surface area contributed by atoms with E-state index in [-0.39, 0.29) is 15.7 Å². The SMILES string of the molecule is O=C(Nc1cc(C(F)(F)F)ccc1Br)c1cccnc1F. The molecule has 21 heavy (non-hydrogen) atoms. The van der Waals surface area contributed by atoms with E-state index >= 15 is 0 Å². The number of halogens is 5. The van der Waals surface area contributed by atoms with Gasteiger partial charge >= 0.3 is 6.18 Å². The van der Waals surface area contributed by atoms with Gasteiger partial charge in [-0.2, -0.15) is 17.6 Å². The lowest BCUT2D eigenvalue weighted by molar-refractivity contribution is -0.137. The van der Waals surface area contributed by atoms with Gasteiger partial charge in [0, 0.05) is 10.7 Å². The van der Waals surface area contributed by atoms with Gasteiger partial charge in [0.25, 0.3) is 5.91 Å². The summed E-state index contributed by atoms with van der Waals surface area (Å²) in [4.78, 5) is 15.2. The predicted molar refractivity (Wildman–Crippen MR) is 71.3 cm³/mol. The second-order valence-corrected chi connectivity index (χ2v) is 4.84. The Morgan fingerprint density at radius 2 is 1.95 bits per heavy atom. The van der Waals surface area contributed by atoms with Crippen molar-refractivity contribution in [1.82, 2.24) is 4.98 Å². The van der Waals surface area contributed by atoms with Gasteiger partial charge in [-0.3, -0.25) is 4.79 Å². The molecule has 0 aliphatic rings. The minimum absolute atomic E-state index is 0.113.